The van der Waals surface area contributed by atoms with Crippen LogP contribution >= 0.6 is 34.5 Å². The van der Waals surface area contributed by atoms with Gasteiger partial charge in [0.25, 0.3) is 5.91 Å². The number of halogens is 1. The van der Waals surface area contributed by atoms with Crippen LogP contribution in [0, 0.1) is 0 Å². The number of benzene rings is 1. The molecule has 1 amide bonds. The van der Waals surface area contributed by atoms with Crippen molar-refractivity contribution < 1.29 is 4.79 Å². The van der Waals surface area contributed by atoms with Crippen LogP contribution in [-0.4, -0.2) is 15.3 Å². The van der Waals surface area contributed by atoms with Gasteiger partial charge in [0, 0.05) is 4.70 Å². The number of amides is 1. The Bertz CT molecular complexity index is 1040. The molecule has 4 rings (SSSR count). The van der Waals surface area contributed by atoms with Crippen LogP contribution in [0.25, 0.3) is 20.7 Å². The van der Waals surface area contributed by atoms with Gasteiger partial charge in [-0.2, -0.15) is 4.37 Å². The third-order valence-electron chi connectivity index (χ3n) is 3.57. The number of anilines is 2. The van der Waals surface area contributed by atoms with Crippen LogP contribution in [0.2, 0.25) is 5.02 Å². The summed E-state index contributed by atoms with van der Waals surface area (Å²) in [4.78, 5) is 17.7. The number of fused-ring (bicyclic) bond motifs is 1. The summed E-state index contributed by atoms with van der Waals surface area (Å²) in [5.41, 5.74) is 7.17. The van der Waals surface area contributed by atoms with Crippen LogP contribution in [-0.2, 0) is 0 Å². The van der Waals surface area contributed by atoms with Gasteiger partial charge in [-0.3, -0.25) is 9.78 Å². The molecule has 3 N–H and O–H groups in total. The van der Waals surface area contributed by atoms with E-state index in [2.05, 4.69) is 32.9 Å². The molecule has 0 unspecified atom stereocenters. The maximum atomic E-state index is 12.2. The quantitative estimate of drug-likeness (QED) is 0.524. The van der Waals surface area contributed by atoms with Crippen molar-refractivity contribution >= 4 is 61.2 Å². The maximum Gasteiger partial charge on any atom is 0.277 e. The largest absolute Gasteiger partial charge is 0.388 e. The summed E-state index contributed by atoms with van der Waals surface area (Å²) < 4.78 is 5.17. The Balaban J connectivity index is 1.55. The minimum atomic E-state index is -0.408. The maximum absolute atomic E-state index is 12.2. The molecule has 0 aliphatic carbocycles. The van der Waals surface area contributed by atoms with Crippen LogP contribution in [0.15, 0.2) is 48.7 Å². The molecule has 8 heteroatoms. The van der Waals surface area contributed by atoms with Gasteiger partial charge in [0.2, 0.25) is 0 Å². The molecule has 0 aliphatic rings. The molecule has 0 spiro atoms. The van der Waals surface area contributed by atoms with E-state index in [4.69, 9.17) is 17.3 Å². The van der Waals surface area contributed by atoms with E-state index in [0.29, 0.717) is 10.7 Å². The minimum absolute atomic E-state index is 0.123. The van der Waals surface area contributed by atoms with Crippen molar-refractivity contribution in [1.29, 1.82) is 0 Å². The second-order valence-corrected chi connectivity index (χ2v) is 7.51. The fraction of sp³-hybridized carbons (Fsp3) is 0. The third-order valence-corrected chi connectivity index (χ3v) is 5.88. The second-order valence-electron chi connectivity index (χ2n) is 5.24. The van der Waals surface area contributed by atoms with Gasteiger partial charge in [-0.1, -0.05) is 29.8 Å². The molecular weight excluding hydrogens is 376 g/mol. The first-order valence-corrected chi connectivity index (χ1v) is 9.25. The summed E-state index contributed by atoms with van der Waals surface area (Å²) >= 11 is 8.64. The predicted octanol–water partition coefficient (Wildman–Crippen LogP) is 4.91. The first-order chi connectivity index (χ1) is 12.1. The fourth-order valence-electron chi connectivity index (χ4n) is 2.34. The molecule has 0 saturated carbocycles. The first kappa shape index (κ1) is 16.0. The van der Waals surface area contributed by atoms with Crippen LogP contribution in [0.5, 0.6) is 0 Å². The average molecular weight is 387 g/mol. The summed E-state index contributed by atoms with van der Waals surface area (Å²) in [6.45, 7) is 0. The van der Waals surface area contributed by atoms with E-state index in [1.54, 1.807) is 23.6 Å². The highest BCUT2D eigenvalue weighted by atomic mass is 35.5. The van der Waals surface area contributed by atoms with Crippen molar-refractivity contribution in [2.24, 2.45) is 0 Å². The smallest absolute Gasteiger partial charge is 0.277 e. The molecule has 0 bridgehead atoms. The Kier molecular flexibility index (Phi) is 4.12. The molecule has 3 aromatic heterocycles. The zero-order valence-electron chi connectivity index (χ0n) is 12.7. The SMILES string of the molecule is Nc1snc(C(=O)Nc2ccc(-c3cc4ccccc4s3)nc2)c1Cl. The van der Waals surface area contributed by atoms with Crippen LogP contribution in [0.4, 0.5) is 10.7 Å². The number of hydrogen-bond acceptors (Lipinski definition) is 6. The molecule has 1 aromatic carbocycles. The number of nitrogens with zero attached hydrogens (tertiary/aromatic N) is 2. The lowest BCUT2D eigenvalue weighted by molar-refractivity contribution is 0.102. The van der Waals surface area contributed by atoms with Gasteiger partial charge in [0.1, 0.15) is 10.0 Å². The minimum Gasteiger partial charge on any atom is -0.388 e. The monoisotopic (exact) mass is 386 g/mol. The standard InChI is InChI=1S/C17H11ClN4OS2/c18-14-15(22-25-16(14)19)17(23)21-10-5-6-11(20-8-10)13-7-9-3-1-2-4-12(9)24-13/h1-8H,19H2,(H,21,23). The third kappa shape index (κ3) is 3.09. The van der Waals surface area contributed by atoms with Crippen LogP contribution in [0.1, 0.15) is 10.5 Å². The predicted molar refractivity (Wildman–Crippen MR) is 105 cm³/mol. The van der Waals surface area contributed by atoms with Crippen LogP contribution < -0.4 is 11.1 Å². The van der Waals surface area contributed by atoms with Crippen LogP contribution in [0.3, 0.4) is 0 Å². The zero-order valence-corrected chi connectivity index (χ0v) is 15.1. The van der Waals surface area contributed by atoms with E-state index in [9.17, 15) is 4.79 Å². The number of aromatic nitrogens is 2. The van der Waals surface area contributed by atoms with Gasteiger partial charge < -0.3 is 11.1 Å². The number of pyridine rings is 1. The number of carbonyl (C=O) groups excluding carboxylic acids is 1. The number of nitrogen functional groups attached to an aromatic ring is 1. The number of thiophene rings is 1. The number of nitrogens with two attached hydrogens (primary N) is 1. The Morgan fingerprint density at radius 3 is 2.72 bits per heavy atom. The molecule has 0 fully saturated rings. The summed E-state index contributed by atoms with van der Waals surface area (Å²) in [5.74, 6) is -0.408. The second kappa shape index (κ2) is 6.44. The normalized spacial score (nSPS) is 10.9. The Morgan fingerprint density at radius 2 is 2.04 bits per heavy atom. The molecule has 124 valence electrons. The summed E-state index contributed by atoms with van der Waals surface area (Å²) in [7, 11) is 0. The van der Waals surface area contributed by atoms with Gasteiger partial charge in [-0.15, -0.1) is 11.3 Å². The number of carbonyl (C=O) groups is 1. The molecular formula is C17H11ClN4OS2. The van der Waals surface area contributed by atoms with Gasteiger partial charge in [0.15, 0.2) is 5.69 Å². The molecule has 4 aromatic rings. The summed E-state index contributed by atoms with van der Waals surface area (Å²) in [5, 5.41) is 4.42. The topological polar surface area (TPSA) is 80.9 Å². The van der Waals surface area contributed by atoms with Crippen molar-refractivity contribution in [3.05, 3.63) is 59.4 Å². The zero-order chi connectivity index (χ0) is 17.4. The van der Waals surface area contributed by atoms with Crippen molar-refractivity contribution in [3.8, 4) is 10.6 Å². The Labute approximate surface area is 156 Å². The molecule has 3 heterocycles. The van der Waals surface area contributed by atoms with Gasteiger partial charge in [-0.05, 0) is 41.2 Å². The number of nitrogens with one attached hydrogen (secondary N) is 1. The average Bonchev–Trinajstić information content (AvgIpc) is 3.19. The van der Waals surface area contributed by atoms with Crippen molar-refractivity contribution in [1.82, 2.24) is 9.36 Å². The first-order valence-electron chi connectivity index (χ1n) is 7.29. The highest BCUT2D eigenvalue weighted by Gasteiger charge is 2.17. The highest BCUT2D eigenvalue weighted by molar-refractivity contribution is 7.22. The molecule has 0 atom stereocenters. The lowest BCUT2D eigenvalue weighted by atomic mass is 10.2. The van der Waals surface area contributed by atoms with Gasteiger partial charge >= 0.3 is 0 Å². The Morgan fingerprint density at radius 1 is 1.20 bits per heavy atom. The van der Waals surface area contributed by atoms with Crippen molar-refractivity contribution in [3.63, 3.8) is 0 Å². The molecule has 0 aliphatic heterocycles. The van der Waals surface area contributed by atoms with E-state index in [1.807, 2.05) is 18.2 Å². The lowest BCUT2D eigenvalue weighted by Crippen LogP contribution is -2.12. The van der Waals surface area contributed by atoms with E-state index >= 15 is 0 Å². The molecule has 0 saturated heterocycles. The van der Waals surface area contributed by atoms with Gasteiger partial charge in [0.05, 0.1) is 22.5 Å². The lowest BCUT2D eigenvalue weighted by Gasteiger charge is -2.04. The van der Waals surface area contributed by atoms with E-state index in [1.165, 1.54) is 10.1 Å². The summed E-state index contributed by atoms with van der Waals surface area (Å²) in [6, 6.07) is 14.0. The van der Waals surface area contributed by atoms with Gasteiger partial charge in [-0.25, -0.2) is 0 Å². The fourth-order valence-corrected chi connectivity index (χ4v) is 4.21. The number of rotatable bonds is 3. The molecule has 5 nitrogen and oxygen atoms in total. The van der Waals surface area contributed by atoms with E-state index < -0.39 is 5.91 Å². The number of hydrogen-bond donors (Lipinski definition) is 2. The summed E-state index contributed by atoms with van der Waals surface area (Å²) in [6.07, 6.45) is 1.61. The van der Waals surface area contributed by atoms with Crippen molar-refractivity contribution in [2.75, 3.05) is 11.1 Å². The van der Waals surface area contributed by atoms with Crippen molar-refractivity contribution in [2.45, 2.75) is 0 Å². The molecule has 0 radical (unpaired) electrons. The van der Waals surface area contributed by atoms with E-state index in [-0.39, 0.29) is 10.7 Å². The Hall–Kier alpha value is -2.48. The highest BCUT2D eigenvalue weighted by Crippen LogP contribution is 2.32. The van der Waals surface area contributed by atoms with E-state index in [0.717, 1.165) is 22.1 Å². The molecule has 25 heavy (non-hydrogen) atoms.